The Bertz CT molecular complexity index is 355. The van der Waals surface area contributed by atoms with Crippen molar-refractivity contribution in [1.82, 2.24) is 10.2 Å². The average Bonchev–Trinajstić information content (AvgIpc) is 2.64. The minimum Gasteiger partial charge on any atom is -0.395 e. The molecule has 3 heteroatoms. The van der Waals surface area contributed by atoms with Crippen LogP contribution < -0.4 is 5.32 Å². The van der Waals surface area contributed by atoms with Crippen molar-refractivity contribution < 1.29 is 5.11 Å². The van der Waals surface area contributed by atoms with E-state index in [1.165, 1.54) is 31.4 Å². The second-order valence-electron chi connectivity index (χ2n) is 5.67. The van der Waals surface area contributed by atoms with E-state index in [1.54, 1.807) is 0 Å². The van der Waals surface area contributed by atoms with Gasteiger partial charge in [0.2, 0.25) is 0 Å². The van der Waals surface area contributed by atoms with Crippen molar-refractivity contribution >= 4 is 0 Å². The van der Waals surface area contributed by atoms with Gasteiger partial charge in [0, 0.05) is 12.1 Å². The summed E-state index contributed by atoms with van der Waals surface area (Å²) >= 11 is 0. The lowest BCUT2D eigenvalue weighted by atomic mass is 10.0. The van der Waals surface area contributed by atoms with Gasteiger partial charge < -0.3 is 15.3 Å². The predicted octanol–water partition coefficient (Wildman–Crippen LogP) is 1.66. The summed E-state index contributed by atoms with van der Waals surface area (Å²) in [5, 5.41) is 13.2. The molecule has 1 aliphatic rings. The molecule has 0 bridgehead atoms. The standard InChI is InChI=1S/C16H26N2O/c1-18-10-5-8-15(9-11-18)17-16(13-19)12-14-6-3-2-4-7-14/h2-4,6-7,15-17,19H,5,8-13H2,1H3/t15?,16-/m1/s1. The van der Waals surface area contributed by atoms with Crippen molar-refractivity contribution in [3.8, 4) is 0 Å². The summed E-state index contributed by atoms with van der Waals surface area (Å²) in [6, 6.07) is 11.1. The Labute approximate surface area is 116 Å². The zero-order valence-electron chi connectivity index (χ0n) is 11.9. The van der Waals surface area contributed by atoms with Crippen molar-refractivity contribution in [3.63, 3.8) is 0 Å². The molecule has 19 heavy (non-hydrogen) atoms. The van der Waals surface area contributed by atoms with Crippen LogP contribution in [0.2, 0.25) is 0 Å². The summed E-state index contributed by atoms with van der Waals surface area (Å²) in [6.45, 7) is 2.56. The molecule has 0 aromatic heterocycles. The van der Waals surface area contributed by atoms with Crippen LogP contribution in [0.3, 0.4) is 0 Å². The molecule has 0 radical (unpaired) electrons. The molecule has 2 atom stereocenters. The van der Waals surface area contributed by atoms with Crippen molar-refractivity contribution in [1.29, 1.82) is 0 Å². The molecule has 2 N–H and O–H groups in total. The highest BCUT2D eigenvalue weighted by Gasteiger charge is 2.18. The first kappa shape index (κ1) is 14.5. The van der Waals surface area contributed by atoms with Crippen LogP contribution in [0.1, 0.15) is 24.8 Å². The number of nitrogens with zero attached hydrogens (tertiary/aromatic N) is 1. The maximum Gasteiger partial charge on any atom is 0.0587 e. The van der Waals surface area contributed by atoms with Gasteiger partial charge in [-0.3, -0.25) is 0 Å². The third-order valence-corrected chi connectivity index (χ3v) is 3.97. The molecule has 1 aliphatic heterocycles. The maximum atomic E-state index is 9.57. The van der Waals surface area contributed by atoms with Crippen LogP contribution in [0.5, 0.6) is 0 Å². The molecule has 1 aromatic rings. The second-order valence-corrected chi connectivity index (χ2v) is 5.67. The first-order valence-corrected chi connectivity index (χ1v) is 7.37. The van der Waals surface area contributed by atoms with Gasteiger partial charge in [-0.1, -0.05) is 30.3 Å². The average molecular weight is 262 g/mol. The Hall–Kier alpha value is -0.900. The molecule has 1 aromatic carbocycles. The number of likely N-dealkylation sites (tertiary alicyclic amines) is 1. The fourth-order valence-electron chi connectivity index (χ4n) is 2.81. The first-order chi connectivity index (χ1) is 9.28. The SMILES string of the molecule is CN1CCCC(N[C@@H](CO)Cc2ccccc2)CC1. The number of benzene rings is 1. The van der Waals surface area contributed by atoms with Crippen molar-refractivity contribution in [2.24, 2.45) is 0 Å². The van der Waals surface area contributed by atoms with E-state index in [1.807, 2.05) is 6.07 Å². The van der Waals surface area contributed by atoms with Crippen LogP contribution >= 0.6 is 0 Å². The predicted molar refractivity (Wildman–Crippen MR) is 79.3 cm³/mol. The maximum absolute atomic E-state index is 9.57. The van der Waals surface area contributed by atoms with E-state index in [0.717, 1.165) is 13.0 Å². The van der Waals surface area contributed by atoms with Crippen LogP contribution in [-0.4, -0.2) is 48.8 Å². The molecule has 1 unspecified atom stereocenters. The highest BCUT2D eigenvalue weighted by atomic mass is 16.3. The summed E-state index contributed by atoms with van der Waals surface area (Å²) < 4.78 is 0. The van der Waals surface area contributed by atoms with Gasteiger partial charge >= 0.3 is 0 Å². The Morgan fingerprint density at radius 1 is 1.26 bits per heavy atom. The lowest BCUT2D eigenvalue weighted by Crippen LogP contribution is -2.42. The number of hydrogen-bond acceptors (Lipinski definition) is 3. The Kier molecular flexibility index (Phi) is 5.83. The summed E-state index contributed by atoms with van der Waals surface area (Å²) in [4.78, 5) is 2.40. The molecule has 106 valence electrons. The van der Waals surface area contributed by atoms with E-state index in [9.17, 15) is 5.11 Å². The molecule has 1 fully saturated rings. The molecule has 3 nitrogen and oxygen atoms in total. The van der Waals surface area contributed by atoms with Gasteiger partial charge in [-0.2, -0.15) is 0 Å². The van der Waals surface area contributed by atoms with Gasteiger partial charge in [0.15, 0.2) is 0 Å². The van der Waals surface area contributed by atoms with E-state index in [4.69, 9.17) is 0 Å². The van der Waals surface area contributed by atoms with Crippen LogP contribution in [0, 0.1) is 0 Å². The van der Waals surface area contributed by atoms with Crippen LogP contribution in [0.25, 0.3) is 0 Å². The Balaban J connectivity index is 1.84. The van der Waals surface area contributed by atoms with E-state index in [2.05, 4.69) is 41.5 Å². The zero-order valence-corrected chi connectivity index (χ0v) is 11.9. The smallest absolute Gasteiger partial charge is 0.0587 e. The fraction of sp³-hybridized carbons (Fsp3) is 0.625. The Morgan fingerprint density at radius 2 is 2.05 bits per heavy atom. The van der Waals surface area contributed by atoms with Crippen molar-refractivity contribution in [3.05, 3.63) is 35.9 Å². The molecule has 1 saturated heterocycles. The molecule has 0 spiro atoms. The van der Waals surface area contributed by atoms with Crippen LogP contribution in [-0.2, 0) is 6.42 Å². The number of hydrogen-bond donors (Lipinski definition) is 2. The van der Waals surface area contributed by atoms with Gasteiger partial charge in [0.25, 0.3) is 0 Å². The zero-order chi connectivity index (χ0) is 13.5. The normalized spacial score (nSPS) is 22.9. The minimum atomic E-state index is 0.177. The number of aliphatic hydroxyl groups is 1. The molecular weight excluding hydrogens is 236 g/mol. The third kappa shape index (κ3) is 4.94. The van der Waals surface area contributed by atoms with E-state index >= 15 is 0 Å². The third-order valence-electron chi connectivity index (χ3n) is 3.97. The van der Waals surface area contributed by atoms with E-state index < -0.39 is 0 Å². The van der Waals surface area contributed by atoms with Crippen LogP contribution in [0.15, 0.2) is 30.3 Å². The van der Waals surface area contributed by atoms with Gasteiger partial charge in [-0.15, -0.1) is 0 Å². The summed E-state index contributed by atoms with van der Waals surface area (Å²) in [5.41, 5.74) is 1.29. The minimum absolute atomic E-state index is 0.177. The quantitative estimate of drug-likeness (QED) is 0.847. The fourth-order valence-corrected chi connectivity index (χ4v) is 2.81. The summed E-state index contributed by atoms with van der Waals surface area (Å²) in [6.07, 6.45) is 4.55. The molecular formula is C16H26N2O. The lowest BCUT2D eigenvalue weighted by molar-refractivity contribution is 0.225. The van der Waals surface area contributed by atoms with Crippen molar-refractivity contribution in [2.45, 2.75) is 37.8 Å². The molecule has 0 aliphatic carbocycles. The van der Waals surface area contributed by atoms with Gasteiger partial charge in [-0.05, 0) is 51.4 Å². The Morgan fingerprint density at radius 3 is 2.79 bits per heavy atom. The molecule has 1 heterocycles. The second kappa shape index (κ2) is 7.63. The molecule has 0 amide bonds. The lowest BCUT2D eigenvalue weighted by Gasteiger charge is -2.23. The van der Waals surface area contributed by atoms with E-state index in [-0.39, 0.29) is 12.6 Å². The molecule has 0 saturated carbocycles. The van der Waals surface area contributed by atoms with Crippen molar-refractivity contribution in [2.75, 3.05) is 26.7 Å². The first-order valence-electron chi connectivity index (χ1n) is 7.37. The topological polar surface area (TPSA) is 35.5 Å². The van der Waals surface area contributed by atoms with Gasteiger partial charge in [-0.25, -0.2) is 0 Å². The number of nitrogens with one attached hydrogen (secondary N) is 1. The summed E-state index contributed by atoms with van der Waals surface area (Å²) in [7, 11) is 2.19. The largest absolute Gasteiger partial charge is 0.395 e. The van der Waals surface area contributed by atoms with E-state index in [0.29, 0.717) is 6.04 Å². The number of aliphatic hydroxyl groups excluding tert-OH is 1. The van der Waals surface area contributed by atoms with Gasteiger partial charge in [0.05, 0.1) is 6.61 Å². The monoisotopic (exact) mass is 262 g/mol. The van der Waals surface area contributed by atoms with Gasteiger partial charge in [0.1, 0.15) is 0 Å². The highest BCUT2D eigenvalue weighted by Crippen LogP contribution is 2.12. The highest BCUT2D eigenvalue weighted by molar-refractivity contribution is 5.16. The molecule has 2 rings (SSSR count). The number of rotatable bonds is 5. The van der Waals surface area contributed by atoms with Crippen LogP contribution in [0.4, 0.5) is 0 Å². The summed E-state index contributed by atoms with van der Waals surface area (Å²) in [5.74, 6) is 0.